The Hall–Kier alpha value is -0.830. The van der Waals surface area contributed by atoms with Gasteiger partial charge in [0.2, 0.25) is 5.91 Å². The Morgan fingerprint density at radius 1 is 1.41 bits per heavy atom. The fourth-order valence-corrected chi connectivity index (χ4v) is 2.81. The lowest BCUT2D eigenvalue weighted by atomic mass is 10.2. The average Bonchev–Trinajstić information content (AvgIpc) is 2.80. The summed E-state index contributed by atoms with van der Waals surface area (Å²) in [4.78, 5) is 20.2. The minimum atomic E-state index is -0.00580. The van der Waals surface area contributed by atoms with Crippen molar-refractivity contribution in [1.29, 1.82) is 0 Å². The molecule has 1 aromatic heterocycles. The van der Waals surface area contributed by atoms with Crippen LogP contribution in [0.25, 0.3) is 0 Å². The number of thiophene rings is 1. The van der Waals surface area contributed by atoms with Crippen molar-refractivity contribution < 1.29 is 4.79 Å². The largest absolute Gasteiger partial charge is 0.357 e. The number of guanidine groups is 1. The first kappa shape index (κ1) is 21.2. The van der Waals surface area contributed by atoms with Gasteiger partial charge in [0.05, 0.1) is 0 Å². The summed E-state index contributed by atoms with van der Waals surface area (Å²) in [7, 11) is 3.47. The molecule has 0 aliphatic heterocycles. The van der Waals surface area contributed by atoms with Gasteiger partial charge >= 0.3 is 0 Å². The molecule has 1 atom stereocenters. The molecule has 0 saturated carbocycles. The van der Waals surface area contributed by atoms with Crippen molar-refractivity contribution in [3.8, 4) is 0 Å². The Morgan fingerprint density at radius 3 is 2.59 bits per heavy atom. The number of rotatable bonds is 6. The number of halogens is 1. The second-order valence-electron chi connectivity index (χ2n) is 5.25. The normalized spacial score (nSPS) is 12.3. The highest BCUT2D eigenvalue weighted by molar-refractivity contribution is 14.0. The number of nitrogens with one attached hydrogen (secondary N) is 2. The van der Waals surface area contributed by atoms with E-state index in [1.54, 1.807) is 19.0 Å². The molecule has 0 fully saturated rings. The number of aliphatic imine (C=N–C) groups is 1. The van der Waals surface area contributed by atoms with Gasteiger partial charge in [-0.3, -0.25) is 4.79 Å². The zero-order valence-corrected chi connectivity index (χ0v) is 17.1. The minimum absolute atomic E-state index is 0. The molecule has 0 aliphatic rings. The summed E-state index contributed by atoms with van der Waals surface area (Å²) in [5, 5.41) is 6.52. The van der Waals surface area contributed by atoms with Crippen LogP contribution in [0.15, 0.2) is 17.1 Å². The predicted octanol–water partition coefficient (Wildman–Crippen LogP) is 2.25. The van der Waals surface area contributed by atoms with Gasteiger partial charge in [0, 0.05) is 42.9 Å². The molecule has 0 saturated heterocycles. The number of hydrogen-bond acceptors (Lipinski definition) is 3. The van der Waals surface area contributed by atoms with Crippen LogP contribution >= 0.6 is 35.3 Å². The van der Waals surface area contributed by atoms with Gasteiger partial charge in [-0.15, -0.1) is 35.3 Å². The maximum absolute atomic E-state index is 11.6. The van der Waals surface area contributed by atoms with E-state index in [9.17, 15) is 4.79 Å². The van der Waals surface area contributed by atoms with Gasteiger partial charge in [0.1, 0.15) is 6.54 Å². The number of amides is 1. The summed E-state index contributed by atoms with van der Waals surface area (Å²) in [6.45, 7) is 7.18. The van der Waals surface area contributed by atoms with Gasteiger partial charge in [0.15, 0.2) is 5.96 Å². The quantitative estimate of drug-likeness (QED) is 0.407. The van der Waals surface area contributed by atoms with E-state index >= 15 is 0 Å². The van der Waals surface area contributed by atoms with Gasteiger partial charge in [0.25, 0.3) is 0 Å². The Morgan fingerprint density at radius 2 is 2.09 bits per heavy atom. The number of carbonyl (C=O) groups excluding carboxylic acids is 1. The molecule has 0 bridgehead atoms. The van der Waals surface area contributed by atoms with Crippen LogP contribution in [0.2, 0.25) is 0 Å². The van der Waals surface area contributed by atoms with Gasteiger partial charge in [-0.2, -0.15) is 0 Å². The smallest absolute Gasteiger partial charge is 0.243 e. The van der Waals surface area contributed by atoms with Crippen molar-refractivity contribution >= 4 is 47.2 Å². The molecule has 126 valence electrons. The molecule has 7 heteroatoms. The molecule has 0 spiro atoms. The monoisotopic (exact) mass is 438 g/mol. The zero-order valence-electron chi connectivity index (χ0n) is 14.0. The summed E-state index contributed by atoms with van der Waals surface area (Å²) >= 11 is 1.82. The Balaban J connectivity index is 0.00000441. The summed E-state index contributed by atoms with van der Waals surface area (Å²) in [6.07, 6.45) is 0.949. The third-order valence-corrected chi connectivity index (χ3v) is 3.92. The van der Waals surface area contributed by atoms with Crippen LogP contribution in [0.3, 0.4) is 0 Å². The third-order valence-electron chi connectivity index (χ3n) is 2.90. The molecule has 0 aromatic carbocycles. The van der Waals surface area contributed by atoms with Crippen LogP contribution in [0.4, 0.5) is 0 Å². The molecule has 0 aliphatic carbocycles. The van der Waals surface area contributed by atoms with E-state index in [4.69, 9.17) is 0 Å². The standard InChI is InChI=1S/C15H26N4OS.HI/c1-6-16-15(17-10-14(20)19(4)5)18-11(2)9-13-8-7-12(3)21-13;/h7-8,11H,6,9-10H2,1-5H3,(H2,16,17,18);1H. The SMILES string of the molecule is CCNC(=NCC(=O)N(C)C)NC(C)Cc1ccc(C)s1.I. The molecule has 2 N–H and O–H groups in total. The van der Waals surface area contributed by atoms with E-state index < -0.39 is 0 Å². The number of nitrogens with zero attached hydrogens (tertiary/aromatic N) is 2. The zero-order chi connectivity index (χ0) is 15.8. The summed E-state index contributed by atoms with van der Waals surface area (Å²) in [5.74, 6) is 0.683. The van der Waals surface area contributed by atoms with Crippen LogP contribution in [-0.2, 0) is 11.2 Å². The Bertz CT molecular complexity index is 488. The van der Waals surface area contributed by atoms with E-state index in [-0.39, 0.29) is 42.5 Å². The van der Waals surface area contributed by atoms with Crippen LogP contribution in [0.5, 0.6) is 0 Å². The highest BCUT2D eigenvalue weighted by Gasteiger charge is 2.09. The maximum Gasteiger partial charge on any atom is 0.243 e. The average molecular weight is 438 g/mol. The molecule has 22 heavy (non-hydrogen) atoms. The number of aryl methyl sites for hydroxylation is 1. The predicted molar refractivity (Wildman–Crippen MR) is 105 cm³/mol. The lowest BCUT2D eigenvalue weighted by Gasteiger charge is -2.17. The van der Waals surface area contributed by atoms with Crippen molar-refractivity contribution in [3.05, 3.63) is 21.9 Å². The highest BCUT2D eigenvalue weighted by Crippen LogP contribution is 2.16. The number of hydrogen-bond donors (Lipinski definition) is 2. The lowest BCUT2D eigenvalue weighted by molar-refractivity contribution is -0.127. The molecule has 1 amide bonds. The molecule has 1 aromatic rings. The fraction of sp³-hybridized carbons (Fsp3) is 0.600. The van der Waals surface area contributed by atoms with Crippen molar-refractivity contribution in [1.82, 2.24) is 15.5 Å². The van der Waals surface area contributed by atoms with E-state index in [1.165, 1.54) is 9.75 Å². The summed E-state index contributed by atoms with van der Waals surface area (Å²) in [6, 6.07) is 4.56. The maximum atomic E-state index is 11.6. The van der Waals surface area contributed by atoms with E-state index in [0.29, 0.717) is 5.96 Å². The van der Waals surface area contributed by atoms with Crippen molar-refractivity contribution in [2.75, 3.05) is 27.2 Å². The summed E-state index contributed by atoms with van der Waals surface area (Å²) in [5.41, 5.74) is 0. The molecule has 0 radical (unpaired) electrons. The van der Waals surface area contributed by atoms with Crippen LogP contribution in [0, 0.1) is 6.92 Å². The molecular weight excluding hydrogens is 411 g/mol. The topological polar surface area (TPSA) is 56.7 Å². The second-order valence-corrected chi connectivity index (χ2v) is 6.62. The first-order valence-electron chi connectivity index (χ1n) is 7.22. The summed E-state index contributed by atoms with van der Waals surface area (Å²) < 4.78 is 0. The first-order valence-corrected chi connectivity index (χ1v) is 8.04. The Kier molecular flexibility index (Phi) is 10.4. The van der Waals surface area contributed by atoms with Gasteiger partial charge in [-0.05, 0) is 32.9 Å². The van der Waals surface area contributed by atoms with E-state index in [0.717, 1.165) is 13.0 Å². The molecule has 1 unspecified atom stereocenters. The fourth-order valence-electron chi connectivity index (χ4n) is 1.79. The third kappa shape index (κ3) is 7.98. The highest BCUT2D eigenvalue weighted by atomic mass is 127. The van der Waals surface area contributed by atoms with Crippen molar-refractivity contribution in [2.24, 2.45) is 4.99 Å². The van der Waals surface area contributed by atoms with Gasteiger partial charge in [-0.1, -0.05) is 0 Å². The van der Waals surface area contributed by atoms with Gasteiger partial charge in [-0.25, -0.2) is 4.99 Å². The number of carbonyl (C=O) groups is 1. The number of likely N-dealkylation sites (N-methyl/N-ethyl adjacent to an activating group) is 1. The van der Waals surface area contributed by atoms with Crippen molar-refractivity contribution in [3.63, 3.8) is 0 Å². The minimum Gasteiger partial charge on any atom is -0.357 e. The van der Waals surface area contributed by atoms with Crippen molar-refractivity contribution in [2.45, 2.75) is 33.2 Å². The van der Waals surface area contributed by atoms with Crippen LogP contribution < -0.4 is 10.6 Å². The molecule has 1 heterocycles. The van der Waals surface area contributed by atoms with Gasteiger partial charge < -0.3 is 15.5 Å². The molecule has 1 rings (SSSR count). The van der Waals surface area contributed by atoms with Crippen LogP contribution in [0.1, 0.15) is 23.6 Å². The lowest BCUT2D eigenvalue weighted by Crippen LogP contribution is -2.43. The molecular formula is C15H27IN4OS. The first-order chi connectivity index (χ1) is 9.92. The Labute approximate surface area is 154 Å². The van der Waals surface area contributed by atoms with E-state index in [2.05, 4.69) is 41.6 Å². The van der Waals surface area contributed by atoms with Crippen LogP contribution in [-0.4, -0.2) is 50.0 Å². The van der Waals surface area contributed by atoms with E-state index in [1.807, 2.05) is 18.3 Å². The second kappa shape index (κ2) is 10.8. The molecule has 5 nitrogen and oxygen atoms in total.